The molecule has 1 heteroatoms. The van der Waals surface area contributed by atoms with Crippen molar-refractivity contribution in [2.45, 2.75) is 19.8 Å². The second-order valence-electron chi connectivity index (χ2n) is 1.68. The SMILES string of the molecule is C/C=C\C/C=C\CC=O. The zero-order valence-corrected chi connectivity index (χ0v) is 5.71. The van der Waals surface area contributed by atoms with Crippen LogP contribution >= 0.6 is 0 Å². The molecule has 1 nitrogen and oxygen atoms in total. The van der Waals surface area contributed by atoms with Crippen molar-refractivity contribution in [3.05, 3.63) is 24.3 Å². The van der Waals surface area contributed by atoms with Crippen molar-refractivity contribution in [1.29, 1.82) is 0 Å². The summed E-state index contributed by atoms with van der Waals surface area (Å²) in [5, 5.41) is 0. The normalized spacial score (nSPS) is 11.2. The molecule has 0 spiro atoms. The standard InChI is InChI=1S/C8H12O/c1-2-3-4-5-6-7-8-9/h2-3,5-6,8H,4,7H2,1H3/b3-2-,6-5-. The van der Waals surface area contributed by atoms with E-state index < -0.39 is 0 Å². The molecule has 0 rings (SSSR count). The number of carbonyl (C=O) groups excluding carboxylic acids is 1. The molecule has 0 saturated heterocycles. The van der Waals surface area contributed by atoms with E-state index in [1.807, 2.05) is 31.2 Å². The number of aldehydes is 1. The second-order valence-corrected chi connectivity index (χ2v) is 1.68. The molecule has 0 aromatic rings. The van der Waals surface area contributed by atoms with Crippen LogP contribution in [0.25, 0.3) is 0 Å². The van der Waals surface area contributed by atoms with Gasteiger partial charge in [0.1, 0.15) is 6.29 Å². The smallest absolute Gasteiger partial charge is 0.123 e. The van der Waals surface area contributed by atoms with Gasteiger partial charge < -0.3 is 4.79 Å². The van der Waals surface area contributed by atoms with E-state index in [9.17, 15) is 4.79 Å². The summed E-state index contributed by atoms with van der Waals surface area (Å²) >= 11 is 0. The molecule has 0 radical (unpaired) electrons. The highest BCUT2D eigenvalue weighted by molar-refractivity contribution is 5.51. The Balaban J connectivity index is 3.14. The lowest BCUT2D eigenvalue weighted by Gasteiger charge is -1.77. The first-order chi connectivity index (χ1) is 4.41. The molecule has 0 aliphatic heterocycles. The summed E-state index contributed by atoms with van der Waals surface area (Å²) in [5.41, 5.74) is 0. The highest BCUT2D eigenvalue weighted by Gasteiger charge is 1.69. The van der Waals surface area contributed by atoms with E-state index in [1.54, 1.807) is 0 Å². The van der Waals surface area contributed by atoms with Gasteiger partial charge in [-0.1, -0.05) is 24.3 Å². The Kier molecular flexibility index (Phi) is 6.47. The van der Waals surface area contributed by atoms with Gasteiger partial charge in [-0.25, -0.2) is 0 Å². The Morgan fingerprint density at radius 3 is 2.33 bits per heavy atom. The molecular weight excluding hydrogens is 112 g/mol. The molecule has 0 aromatic heterocycles. The van der Waals surface area contributed by atoms with Crippen molar-refractivity contribution < 1.29 is 4.79 Å². The fourth-order valence-electron chi connectivity index (χ4n) is 0.463. The summed E-state index contributed by atoms with van der Waals surface area (Å²) in [7, 11) is 0. The molecule has 0 heterocycles. The van der Waals surface area contributed by atoms with Crippen molar-refractivity contribution in [2.75, 3.05) is 0 Å². The minimum atomic E-state index is 0.539. The molecule has 0 aromatic carbocycles. The zero-order valence-electron chi connectivity index (χ0n) is 5.71. The summed E-state index contributed by atoms with van der Waals surface area (Å²) in [6.07, 6.45) is 10.3. The minimum absolute atomic E-state index is 0.539. The fourth-order valence-corrected chi connectivity index (χ4v) is 0.463. The van der Waals surface area contributed by atoms with Gasteiger partial charge in [-0.3, -0.25) is 0 Å². The van der Waals surface area contributed by atoms with Crippen LogP contribution in [0.3, 0.4) is 0 Å². The molecule has 0 bridgehead atoms. The highest BCUT2D eigenvalue weighted by atomic mass is 16.1. The molecule has 0 aliphatic carbocycles. The van der Waals surface area contributed by atoms with Gasteiger partial charge in [0.25, 0.3) is 0 Å². The van der Waals surface area contributed by atoms with Crippen LogP contribution in [-0.4, -0.2) is 6.29 Å². The van der Waals surface area contributed by atoms with Crippen LogP contribution in [0.2, 0.25) is 0 Å². The highest BCUT2D eigenvalue weighted by Crippen LogP contribution is 1.86. The second kappa shape index (κ2) is 7.15. The predicted molar refractivity (Wildman–Crippen MR) is 39.3 cm³/mol. The number of carbonyl (C=O) groups is 1. The summed E-state index contributed by atoms with van der Waals surface area (Å²) in [4.78, 5) is 9.77. The summed E-state index contributed by atoms with van der Waals surface area (Å²) < 4.78 is 0. The van der Waals surface area contributed by atoms with Crippen LogP contribution in [0.4, 0.5) is 0 Å². The van der Waals surface area contributed by atoms with Crippen LogP contribution < -0.4 is 0 Å². The first-order valence-electron chi connectivity index (χ1n) is 3.11. The molecule has 0 atom stereocenters. The molecular formula is C8H12O. The van der Waals surface area contributed by atoms with E-state index in [4.69, 9.17) is 0 Å². The topological polar surface area (TPSA) is 17.1 Å². The monoisotopic (exact) mass is 124 g/mol. The van der Waals surface area contributed by atoms with Gasteiger partial charge in [0.05, 0.1) is 0 Å². The maximum absolute atomic E-state index is 9.77. The van der Waals surface area contributed by atoms with E-state index in [0.717, 1.165) is 12.7 Å². The van der Waals surface area contributed by atoms with Gasteiger partial charge in [0.2, 0.25) is 0 Å². The predicted octanol–water partition coefficient (Wildman–Crippen LogP) is 2.10. The van der Waals surface area contributed by atoms with E-state index in [1.165, 1.54) is 0 Å². The number of allylic oxidation sites excluding steroid dienone is 4. The maximum Gasteiger partial charge on any atom is 0.123 e. The molecule has 0 unspecified atom stereocenters. The zero-order chi connectivity index (χ0) is 6.95. The number of rotatable bonds is 4. The Bertz CT molecular complexity index is 112. The summed E-state index contributed by atoms with van der Waals surface area (Å²) in [6, 6.07) is 0. The fraction of sp³-hybridized carbons (Fsp3) is 0.375. The number of hydrogen-bond acceptors (Lipinski definition) is 1. The average Bonchev–Trinajstić information content (AvgIpc) is 1.89. The van der Waals surface area contributed by atoms with Gasteiger partial charge in [-0.2, -0.15) is 0 Å². The molecule has 0 amide bonds. The van der Waals surface area contributed by atoms with Crippen LogP contribution in [0.5, 0.6) is 0 Å². The Hall–Kier alpha value is -0.850. The van der Waals surface area contributed by atoms with Gasteiger partial charge in [-0.05, 0) is 13.3 Å². The van der Waals surface area contributed by atoms with E-state index >= 15 is 0 Å². The van der Waals surface area contributed by atoms with Crippen molar-refractivity contribution in [3.8, 4) is 0 Å². The molecule has 0 aliphatic rings. The van der Waals surface area contributed by atoms with Crippen LogP contribution in [0.1, 0.15) is 19.8 Å². The molecule has 9 heavy (non-hydrogen) atoms. The van der Waals surface area contributed by atoms with Crippen LogP contribution in [-0.2, 0) is 4.79 Å². The third-order valence-corrected chi connectivity index (χ3v) is 0.907. The largest absolute Gasteiger partial charge is 0.303 e. The van der Waals surface area contributed by atoms with E-state index in [2.05, 4.69) is 0 Å². The lowest BCUT2D eigenvalue weighted by Crippen LogP contribution is -1.64. The maximum atomic E-state index is 9.77. The van der Waals surface area contributed by atoms with Crippen LogP contribution in [0, 0.1) is 0 Å². The van der Waals surface area contributed by atoms with Crippen molar-refractivity contribution in [3.63, 3.8) is 0 Å². The molecule has 0 fully saturated rings. The van der Waals surface area contributed by atoms with Gasteiger partial charge in [0.15, 0.2) is 0 Å². The quantitative estimate of drug-likeness (QED) is 0.414. The minimum Gasteiger partial charge on any atom is -0.303 e. The first-order valence-corrected chi connectivity index (χ1v) is 3.11. The third-order valence-electron chi connectivity index (χ3n) is 0.907. The van der Waals surface area contributed by atoms with Gasteiger partial charge >= 0.3 is 0 Å². The van der Waals surface area contributed by atoms with Crippen molar-refractivity contribution in [1.82, 2.24) is 0 Å². The van der Waals surface area contributed by atoms with Gasteiger partial charge in [0, 0.05) is 6.42 Å². The summed E-state index contributed by atoms with van der Waals surface area (Å²) in [6.45, 7) is 1.98. The van der Waals surface area contributed by atoms with Crippen molar-refractivity contribution >= 4 is 6.29 Å². The Morgan fingerprint density at radius 2 is 1.78 bits per heavy atom. The lowest BCUT2D eigenvalue weighted by atomic mass is 10.3. The van der Waals surface area contributed by atoms with E-state index in [0.29, 0.717) is 6.42 Å². The Labute approximate surface area is 56.1 Å². The first kappa shape index (κ1) is 8.15. The summed E-state index contributed by atoms with van der Waals surface area (Å²) in [5.74, 6) is 0. The molecule has 0 N–H and O–H groups in total. The molecule has 0 saturated carbocycles. The van der Waals surface area contributed by atoms with Crippen molar-refractivity contribution in [2.24, 2.45) is 0 Å². The lowest BCUT2D eigenvalue weighted by molar-refractivity contribution is -0.107. The van der Waals surface area contributed by atoms with Gasteiger partial charge in [-0.15, -0.1) is 0 Å². The van der Waals surface area contributed by atoms with E-state index in [-0.39, 0.29) is 0 Å². The third kappa shape index (κ3) is 7.15. The Morgan fingerprint density at radius 1 is 1.11 bits per heavy atom. The molecule has 50 valence electrons. The number of hydrogen-bond donors (Lipinski definition) is 0. The van der Waals surface area contributed by atoms with Crippen LogP contribution in [0.15, 0.2) is 24.3 Å². The average molecular weight is 124 g/mol.